The van der Waals surface area contributed by atoms with Crippen molar-refractivity contribution in [3.05, 3.63) is 0 Å². The van der Waals surface area contributed by atoms with Gasteiger partial charge in [0.1, 0.15) is 0 Å². The maximum Gasteiger partial charge on any atom is 0.223 e. The van der Waals surface area contributed by atoms with Crippen molar-refractivity contribution in [2.45, 2.75) is 18.9 Å². The van der Waals surface area contributed by atoms with Crippen molar-refractivity contribution in [1.29, 1.82) is 0 Å². The number of carbonyl (C=O) groups is 1. The molecule has 0 saturated heterocycles. The normalized spacial score (nSPS) is 27.8. The Morgan fingerprint density at radius 1 is 1.67 bits per heavy atom. The first-order valence-corrected chi connectivity index (χ1v) is 4.26. The van der Waals surface area contributed by atoms with Crippen LogP contribution in [-0.2, 0) is 9.53 Å². The Bertz CT molecular complexity index is 155. The number of amides is 1. The van der Waals surface area contributed by atoms with Crippen molar-refractivity contribution >= 4 is 5.91 Å². The van der Waals surface area contributed by atoms with E-state index in [4.69, 9.17) is 10.5 Å². The molecular weight excluding hydrogens is 156 g/mol. The lowest BCUT2D eigenvalue weighted by Crippen LogP contribution is -2.45. The molecule has 3 N–H and O–H groups in total. The maximum atomic E-state index is 11.2. The first-order chi connectivity index (χ1) is 5.74. The van der Waals surface area contributed by atoms with Crippen LogP contribution in [0, 0.1) is 5.92 Å². The van der Waals surface area contributed by atoms with Crippen LogP contribution in [0.25, 0.3) is 0 Å². The fourth-order valence-electron chi connectivity index (χ4n) is 1.30. The first kappa shape index (κ1) is 9.48. The zero-order chi connectivity index (χ0) is 8.97. The third kappa shape index (κ3) is 2.46. The van der Waals surface area contributed by atoms with Gasteiger partial charge in [0.25, 0.3) is 0 Å². The number of nitrogens with one attached hydrogen (secondary N) is 1. The summed E-state index contributed by atoms with van der Waals surface area (Å²) in [4.78, 5) is 11.2. The molecule has 0 unspecified atom stereocenters. The van der Waals surface area contributed by atoms with Crippen LogP contribution >= 0.6 is 0 Å². The summed E-state index contributed by atoms with van der Waals surface area (Å²) in [5.74, 6) is 0.269. The van der Waals surface area contributed by atoms with E-state index in [1.54, 1.807) is 7.11 Å². The maximum absolute atomic E-state index is 11.2. The molecule has 1 fully saturated rings. The van der Waals surface area contributed by atoms with E-state index >= 15 is 0 Å². The summed E-state index contributed by atoms with van der Waals surface area (Å²) in [7, 11) is 1.62. The quantitative estimate of drug-likeness (QED) is 0.561. The SMILES string of the molecule is COCCNC(=O)C1CC(N)C1. The zero-order valence-electron chi connectivity index (χ0n) is 7.38. The summed E-state index contributed by atoms with van der Waals surface area (Å²) in [5.41, 5.74) is 5.56. The van der Waals surface area contributed by atoms with Crippen LogP contribution in [0.1, 0.15) is 12.8 Å². The van der Waals surface area contributed by atoms with E-state index in [1.165, 1.54) is 0 Å². The minimum Gasteiger partial charge on any atom is -0.383 e. The fourth-order valence-corrected chi connectivity index (χ4v) is 1.30. The van der Waals surface area contributed by atoms with Gasteiger partial charge in [-0.25, -0.2) is 0 Å². The van der Waals surface area contributed by atoms with Gasteiger partial charge >= 0.3 is 0 Å². The van der Waals surface area contributed by atoms with Gasteiger partial charge in [-0.1, -0.05) is 0 Å². The molecule has 70 valence electrons. The van der Waals surface area contributed by atoms with Gasteiger partial charge in [0, 0.05) is 25.6 Å². The van der Waals surface area contributed by atoms with Crippen LogP contribution in [-0.4, -0.2) is 32.2 Å². The Labute approximate surface area is 72.5 Å². The summed E-state index contributed by atoms with van der Waals surface area (Å²) in [6, 6.07) is 0.239. The van der Waals surface area contributed by atoms with E-state index in [2.05, 4.69) is 5.32 Å². The molecule has 12 heavy (non-hydrogen) atoms. The second-order valence-electron chi connectivity index (χ2n) is 3.21. The highest BCUT2D eigenvalue weighted by molar-refractivity contribution is 5.79. The highest BCUT2D eigenvalue weighted by Gasteiger charge is 2.31. The number of nitrogens with two attached hydrogens (primary N) is 1. The largest absolute Gasteiger partial charge is 0.383 e. The molecule has 4 heteroatoms. The molecule has 0 aromatic heterocycles. The smallest absolute Gasteiger partial charge is 0.223 e. The van der Waals surface area contributed by atoms with Gasteiger partial charge < -0.3 is 15.8 Å². The van der Waals surface area contributed by atoms with Crippen LogP contribution in [0.4, 0.5) is 0 Å². The standard InChI is InChI=1S/C8H16N2O2/c1-12-3-2-10-8(11)6-4-7(9)5-6/h6-7H,2-5,9H2,1H3,(H,10,11). The van der Waals surface area contributed by atoms with Gasteiger partial charge in [0.15, 0.2) is 0 Å². The molecule has 0 aromatic carbocycles. The molecule has 1 saturated carbocycles. The molecule has 0 bridgehead atoms. The molecule has 0 spiro atoms. The summed E-state index contributed by atoms with van der Waals surface area (Å²) >= 11 is 0. The number of rotatable bonds is 4. The Morgan fingerprint density at radius 2 is 2.33 bits per heavy atom. The van der Waals surface area contributed by atoms with Crippen molar-refractivity contribution in [2.75, 3.05) is 20.3 Å². The topological polar surface area (TPSA) is 64.3 Å². The van der Waals surface area contributed by atoms with E-state index in [1.807, 2.05) is 0 Å². The van der Waals surface area contributed by atoms with Crippen LogP contribution in [0.5, 0.6) is 0 Å². The Balaban J connectivity index is 2.04. The number of hydrogen-bond acceptors (Lipinski definition) is 3. The van der Waals surface area contributed by atoms with Crippen LogP contribution in [0.3, 0.4) is 0 Å². The van der Waals surface area contributed by atoms with E-state index < -0.39 is 0 Å². The molecule has 0 atom stereocenters. The Hall–Kier alpha value is -0.610. The van der Waals surface area contributed by atoms with Gasteiger partial charge in [-0.05, 0) is 12.8 Å². The molecule has 0 aliphatic heterocycles. The molecular formula is C8H16N2O2. The van der Waals surface area contributed by atoms with Gasteiger partial charge in [-0.15, -0.1) is 0 Å². The van der Waals surface area contributed by atoms with Crippen molar-refractivity contribution in [2.24, 2.45) is 11.7 Å². The molecule has 1 aliphatic carbocycles. The predicted molar refractivity (Wildman–Crippen MR) is 45.6 cm³/mol. The van der Waals surface area contributed by atoms with Gasteiger partial charge in [0.2, 0.25) is 5.91 Å². The van der Waals surface area contributed by atoms with E-state index in [0.29, 0.717) is 13.2 Å². The molecule has 1 amide bonds. The lowest BCUT2D eigenvalue weighted by atomic mass is 9.80. The van der Waals surface area contributed by atoms with E-state index in [-0.39, 0.29) is 17.9 Å². The Morgan fingerprint density at radius 3 is 2.83 bits per heavy atom. The summed E-state index contributed by atoms with van der Waals surface area (Å²) < 4.78 is 4.81. The highest BCUT2D eigenvalue weighted by atomic mass is 16.5. The first-order valence-electron chi connectivity index (χ1n) is 4.26. The van der Waals surface area contributed by atoms with Gasteiger partial charge in [0.05, 0.1) is 6.61 Å². The molecule has 0 heterocycles. The summed E-state index contributed by atoms with van der Waals surface area (Å²) in [5, 5.41) is 2.79. The minimum atomic E-state index is 0.119. The molecule has 0 aromatic rings. The Kier molecular flexibility index (Phi) is 3.49. The molecule has 1 aliphatic rings. The third-order valence-electron chi connectivity index (χ3n) is 2.15. The van der Waals surface area contributed by atoms with Crippen LogP contribution < -0.4 is 11.1 Å². The zero-order valence-corrected chi connectivity index (χ0v) is 7.38. The van der Waals surface area contributed by atoms with E-state index in [9.17, 15) is 4.79 Å². The second-order valence-corrected chi connectivity index (χ2v) is 3.21. The summed E-state index contributed by atoms with van der Waals surface area (Å²) in [6.07, 6.45) is 1.66. The summed E-state index contributed by atoms with van der Waals surface area (Å²) in [6.45, 7) is 1.17. The van der Waals surface area contributed by atoms with Crippen LogP contribution in [0.15, 0.2) is 0 Å². The van der Waals surface area contributed by atoms with E-state index in [0.717, 1.165) is 12.8 Å². The molecule has 4 nitrogen and oxygen atoms in total. The lowest BCUT2D eigenvalue weighted by Gasteiger charge is -2.30. The lowest BCUT2D eigenvalue weighted by molar-refractivity contribution is -0.128. The van der Waals surface area contributed by atoms with Gasteiger partial charge in [-0.2, -0.15) is 0 Å². The van der Waals surface area contributed by atoms with Crippen molar-refractivity contribution in [3.8, 4) is 0 Å². The van der Waals surface area contributed by atoms with Gasteiger partial charge in [-0.3, -0.25) is 4.79 Å². The number of methoxy groups -OCH3 is 1. The fraction of sp³-hybridized carbons (Fsp3) is 0.875. The predicted octanol–water partition coefficient (Wildman–Crippen LogP) is -0.514. The van der Waals surface area contributed by atoms with Crippen molar-refractivity contribution in [3.63, 3.8) is 0 Å². The minimum absolute atomic E-state index is 0.119. The number of ether oxygens (including phenoxy) is 1. The number of hydrogen-bond donors (Lipinski definition) is 2. The number of carbonyl (C=O) groups excluding carboxylic acids is 1. The third-order valence-corrected chi connectivity index (χ3v) is 2.15. The van der Waals surface area contributed by atoms with Crippen molar-refractivity contribution < 1.29 is 9.53 Å². The van der Waals surface area contributed by atoms with Crippen molar-refractivity contribution in [1.82, 2.24) is 5.32 Å². The average molecular weight is 172 g/mol. The monoisotopic (exact) mass is 172 g/mol. The highest BCUT2D eigenvalue weighted by Crippen LogP contribution is 2.25. The molecule has 1 rings (SSSR count). The molecule has 0 radical (unpaired) electrons. The van der Waals surface area contributed by atoms with Crippen LogP contribution in [0.2, 0.25) is 0 Å². The second kappa shape index (κ2) is 4.42. The average Bonchev–Trinajstić information content (AvgIpc) is 1.99.